The minimum Gasteiger partial charge on any atom is -0.457 e. The SMILES string of the molecule is Cc1ccc(N2CN(c3cc(Oc4ccc5c6ccccc6n(-c6cc(C(C)(C)C)ccn6)c5c4)cc(-c4c(-c5ccccc5)cccc4-c4ccccc4)c3)c3cc4nc5n(c4cc32)CCCC5)cc1. The summed E-state index contributed by atoms with van der Waals surface area (Å²) in [6, 6.07) is 68.1. The summed E-state index contributed by atoms with van der Waals surface area (Å²) in [5.74, 6) is 3.54. The maximum atomic E-state index is 7.25. The van der Waals surface area contributed by atoms with Gasteiger partial charge < -0.3 is 19.1 Å². The van der Waals surface area contributed by atoms with Crippen LogP contribution in [0.4, 0.5) is 22.7 Å². The number of benzene rings is 8. The highest BCUT2D eigenvalue weighted by atomic mass is 16.5. The number of hydrogen-bond acceptors (Lipinski definition) is 5. The van der Waals surface area contributed by atoms with Crippen LogP contribution in [0.3, 0.4) is 0 Å². The molecule has 346 valence electrons. The van der Waals surface area contributed by atoms with Crippen molar-refractivity contribution in [2.45, 2.75) is 58.9 Å². The number of fused-ring (bicyclic) bond motifs is 7. The van der Waals surface area contributed by atoms with Gasteiger partial charge in [-0.05, 0) is 131 Å². The Labute approximate surface area is 414 Å². The number of anilines is 4. The van der Waals surface area contributed by atoms with Crippen molar-refractivity contribution in [3.05, 3.63) is 211 Å². The molecule has 0 fully saturated rings. The summed E-state index contributed by atoms with van der Waals surface area (Å²) in [6.45, 7) is 10.5. The number of rotatable bonds is 8. The smallest absolute Gasteiger partial charge is 0.137 e. The molecule has 0 saturated heterocycles. The molecule has 7 nitrogen and oxygen atoms in total. The molecular weight excluding hydrogens is 869 g/mol. The maximum Gasteiger partial charge on any atom is 0.137 e. The summed E-state index contributed by atoms with van der Waals surface area (Å²) < 4.78 is 12.0. The van der Waals surface area contributed by atoms with E-state index in [0.29, 0.717) is 6.67 Å². The Kier molecular flexibility index (Phi) is 10.2. The number of para-hydroxylation sites is 1. The summed E-state index contributed by atoms with van der Waals surface area (Å²) in [6.07, 6.45) is 5.28. The predicted molar refractivity (Wildman–Crippen MR) is 293 cm³/mol. The van der Waals surface area contributed by atoms with E-state index in [2.05, 4.69) is 235 Å². The van der Waals surface area contributed by atoms with Crippen LogP contribution in [0.15, 0.2) is 194 Å². The molecule has 2 aliphatic rings. The molecule has 7 heteroatoms. The molecule has 0 radical (unpaired) electrons. The number of pyridine rings is 1. The summed E-state index contributed by atoms with van der Waals surface area (Å²) in [4.78, 5) is 15.1. The number of aromatic nitrogens is 4. The van der Waals surface area contributed by atoms with Crippen LogP contribution in [0.1, 0.15) is 50.6 Å². The molecule has 8 aromatic carbocycles. The largest absolute Gasteiger partial charge is 0.457 e. The Morgan fingerprint density at radius 2 is 1.24 bits per heavy atom. The number of hydrogen-bond donors (Lipinski definition) is 0. The Bertz CT molecular complexity index is 3770. The standard InChI is InChI=1S/C64H54N6O/c1-42-25-27-47(28-26-42)68-41-69(59-39-55-58(40-60(59)68)67-33-14-13-24-61(67)66-55)48-34-45(63-51(43-16-7-5-8-17-43)21-15-22-52(63)44-18-9-6-10-19-44)35-50(37-48)71-49-29-30-54-53-20-11-12-23-56(53)70(57(54)38-49)62-36-46(31-32-65-62)64(2,3)4/h5-12,15-23,25-32,34-40H,13-14,24,33,41H2,1-4H3. The van der Waals surface area contributed by atoms with Crippen LogP contribution in [-0.4, -0.2) is 25.8 Å². The Morgan fingerprint density at radius 3 is 2.00 bits per heavy atom. The molecule has 2 aliphatic heterocycles. The zero-order valence-electron chi connectivity index (χ0n) is 40.6. The van der Waals surface area contributed by atoms with E-state index in [9.17, 15) is 0 Å². The van der Waals surface area contributed by atoms with Gasteiger partial charge in [-0.1, -0.05) is 136 Å². The van der Waals surface area contributed by atoms with Crippen molar-refractivity contribution >= 4 is 55.6 Å². The van der Waals surface area contributed by atoms with Gasteiger partial charge in [0.15, 0.2) is 0 Å². The Hall–Kier alpha value is -8.42. The van der Waals surface area contributed by atoms with E-state index in [4.69, 9.17) is 14.7 Å². The quantitative estimate of drug-likeness (QED) is 0.152. The van der Waals surface area contributed by atoms with E-state index < -0.39 is 0 Å². The van der Waals surface area contributed by atoms with Gasteiger partial charge >= 0.3 is 0 Å². The van der Waals surface area contributed by atoms with Gasteiger partial charge in [-0.3, -0.25) is 4.57 Å². The first-order valence-corrected chi connectivity index (χ1v) is 24.9. The highest BCUT2D eigenvalue weighted by molar-refractivity contribution is 6.09. The van der Waals surface area contributed by atoms with Crippen LogP contribution in [0.2, 0.25) is 0 Å². The fraction of sp³-hybridized carbons (Fsp3) is 0.156. The van der Waals surface area contributed by atoms with Gasteiger partial charge in [0.25, 0.3) is 0 Å². The number of aryl methyl sites for hydroxylation is 3. The van der Waals surface area contributed by atoms with Crippen LogP contribution in [0.5, 0.6) is 11.5 Å². The molecule has 13 rings (SSSR count). The maximum absolute atomic E-state index is 7.25. The number of nitrogens with zero attached hydrogens (tertiary/aromatic N) is 6. The fourth-order valence-corrected chi connectivity index (χ4v) is 11.0. The van der Waals surface area contributed by atoms with E-state index in [0.717, 1.165) is 103 Å². The highest BCUT2D eigenvalue weighted by Crippen LogP contribution is 2.50. The second-order valence-corrected chi connectivity index (χ2v) is 20.3. The van der Waals surface area contributed by atoms with Crippen molar-refractivity contribution in [1.29, 1.82) is 0 Å². The summed E-state index contributed by atoms with van der Waals surface area (Å²) >= 11 is 0. The van der Waals surface area contributed by atoms with Crippen LogP contribution in [0, 0.1) is 6.92 Å². The summed E-state index contributed by atoms with van der Waals surface area (Å²) in [5, 5.41) is 2.32. The molecule has 0 spiro atoms. The first-order valence-electron chi connectivity index (χ1n) is 24.9. The first-order chi connectivity index (χ1) is 34.7. The Balaban J connectivity index is 1.02. The van der Waals surface area contributed by atoms with Gasteiger partial charge in [0.05, 0.1) is 33.4 Å². The number of ether oxygens (including phenoxy) is 1. The minimum absolute atomic E-state index is 0.0376. The average molecular weight is 923 g/mol. The molecular formula is C64H54N6O. The lowest BCUT2D eigenvalue weighted by molar-refractivity contribution is 0.483. The van der Waals surface area contributed by atoms with Gasteiger partial charge in [-0.2, -0.15) is 0 Å². The lowest BCUT2D eigenvalue weighted by atomic mass is 9.87. The van der Waals surface area contributed by atoms with E-state index in [1.54, 1.807) is 0 Å². The van der Waals surface area contributed by atoms with E-state index in [1.807, 2.05) is 6.20 Å². The Morgan fingerprint density at radius 1 is 0.535 bits per heavy atom. The van der Waals surface area contributed by atoms with Crippen molar-refractivity contribution in [3.63, 3.8) is 0 Å². The second-order valence-electron chi connectivity index (χ2n) is 20.3. The topological polar surface area (TPSA) is 51.4 Å². The van der Waals surface area contributed by atoms with E-state index in [1.165, 1.54) is 46.4 Å². The monoisotopic (exact) mass is 922 g/mol. The van der Waals surface area contributed by atoms with Crippen molar-refractivity contribution in [3.8, 4) is 50.7 Å². The molecule has 0 N–H and O–H groups in total. The fourth-order valence-electron chi connectivity index (χ4n) is 11.0. The molecule has 0 saturated carbocycles. The third kappa shape index (κ3) is 7.51. The predicted octanol–water partition coefficient (Wildman–Crippen LogP) is 16.5. The first kappa shape index (κ1) is 42.7. The summed E-state index contributed by atoms with van der Waals surface area (Å²) in [5.41, 5.74) is 18.1. The average Bonchev–Trinajstić information content (AvgIpc) is 4.07. The molecule has 0 aliphatic carbocycles. The lowest BCUT2D eigenvalue weighted by Crippen LogP contribution is -2.24. The lowest BCUT2D eigenvalue weighted by Gasteiger charge is -2.24. The van der Waals surface area contributed by atoms with Gasteiger partial charge in [0.2, 0.25) is 0 Å². The minimum atomic E-state index is -0.0376. The molecule has 11 aromatic rings. The molecule has 5 heterocycles. The molecule has 0 unspecified atom stereocenters. The molecule has 3 aromatic heterocycles. The van der Waals surface area contributed by atoms with Crippen molar-refractivity contribution in [2.24, 2.45) is 0 Å². The van der Waals surface area contributed by atoms with Crippen molar-refractivity contribution < 1.29 is 4.74 Å². The second kappa shape index (κ2) is 16.9. The molecule has 0 atom stereocenters. The van der Waals surface area contributed by atoms with Gasteiger partial charge in [-0.25, -0.2) is 9.97 Å². The van der Waals surface area contributed by atoms with Crippen LogP contribution >= 0.6 is 0 Å². The normalized spacial score (nSPS) is 13.6. The third-order valence-corrected chi connectivity index (χ3v) is 14.6. The molecule has 0 bridgehead atoms. The van der Waals surface area contributed by atoms with Gasteiger partial charge in [0, 0.05) is 53.4 Å². The zero-order valence-corrected chi connectivity index (χ0v) is 40.6. The highest BCUT2D eigenvalue weighted by Gasteiger charge is 2.32. The van der Waals surface area contributed by atoms with Crippen LogP contribution in [-0.2, 0) is 18.4 Å². The number of imidazole rings is 1. The third-order valence-electron chi connectivity index (χ3n) is 14.6. The van der Waals surface area contributed by atoms with Crippen LogP contribution in [0.25, 0.3) is 72.0 Å². The van der Waals surface area contributed by atoms with E-state index in [-0.39, 0.29) is 5.41 Å². The van der Waals surface area contributed by atoms with E-state index >= 15 is 0 Å². The van der Waals surface area contributed by atoms with Gasteiger partial charge in [-0.15, -0.1) is 0 Å². The molecule has 71 heavy (non-hydrogen) atoms. The van der Waals surface area contributed by atoms with Crippen molar-refractivity contribution in [2.75, 3.05) is 16.5 Å². The van der Waals surface area contributed by atoms with Crippen molar-refractivity contribution in [1.82, 2.24) is 19.1 Å². The zero-order chi connectivity index (χ0) is 47.8. The summed E-state index contributed by atoms with van der Waals surface area (Å²) in [7, 11) is 0. The van der Waals surface area contributed by atoms with Gasteiger partial charge in [0.1, 0.15) is 29.8 Å². The van der Waals surface area contributed by atoms with Crippen LogP contribution < -0.4 is 14.5 Å². The molecule has 0 amide bonds.